The number of carbonyl (C=O) groups excluding carboxylic acids is 1. The number of carbonyl (C=O) groups is 1. The van der Waals surface area contributed by atoms with Crippen LogP contribution in [0.3, 0.4) is 0 Å². The molecule has 0 aliphatic heterocycles. The SMILES string of the molecule is COc1cc(/C=N\NC(=O)c2ccccn2)cc(I)c1O. The lowest BCUT2D eigenvalue weighted by Gasteiger charge is -2.06. The zero-order valence-electron chi connectivity index (χ0n) is 11.1. The van der Waals surface area contributed by atoms with Gasteiger partial charge in [0.15, 0.2) is 11.5 Å². The van der Waals surface area contributed by atoms with Gasteiger partial charge in [0, 0.05) is 6.20 Å². The number of hydrazone groups is 1. The number of pyridine rings is 1. The standard InChI is InChI=1S/C14H12IN3O3/c1-21-12-7-9(6-10(15)13(12)19)8-17-18-14(20)11-4-2-3-5-16-11/h2-8,19H,1H3,(H,18,20)/b17-8-. The third-order valence-electron chi connectivity index (χ3n) is 2.55. The lowest BCUT2D eigenvalue weighted by Crippen LogP contribution is -2.18. The molecular weight excluding hydrogens is 385 g/mol. The highest BCUT2D eigenvalue weighted by Gasteiger charge is 2.08. The Hall–Kier alpha value is -2.16. The number of rotatable bonds is 4. The maximum atomic E-state index is 11.7. The molecule has 0 aliphatic rings. The van der Waals surface area contributed by atoms with Crippen molar-refractivity contribution in [2.45, 2.75) is 0 Å². The van der Waals surface area contributed by atoms with Gasteiger partial charge in [0.05, 0.1) is 16.9 Å². The summed E-state index contributed by atoms with van der Waals surface area (Å²) in [6, 6.07) is 8.38. The normalized spacial score (nSPS) is 10.6. The molecule has 0 unspecified atom stereocenters. The van der Waals surface area contributed by atoms with E-state index in [1.165, 1.54) is 19.5 Å². The lowest BCUT2D eigenvalue weighted by molar-refractivity contribution is 0.0950. The quantitative estimate of drug-likeness (QED) is 0.471. The number of nitrogens with zero attached hydrogens (tertiary/aromatic N) is 2. The minimum Gasteiger partial charge on any atom is -0.504 e. The van der Waals surface area contributed by atoms with Crippen molar-refractivity contribution in [3.63, 3.8) is 0 Å². The highest BCUT2D eigenvalue weighted by Crippen LogP contribution is 2.31. The summed E-state index contributed by atoms with van der Waals surface area (Å²) >= 11 is 1.98. The minimum absolute atomic E-state index is 0.0766. The fourth-order valence-corrected chi connectivity index (χ4v) is 2.17. The first kappa shape index (κ1) is 15.2. The van der Waals surface area contributed by atoms with Crippen LogP contribution in [0, 0.1) is 3.57 Å². The van der Waals surface area contributed by atoms with E-state index in [4.69, 9.17) is 4.74 Å². The Bertz CT molecular complexity index is 675. The Kier molecular flexibility index (Phi) is 5.09. The number of phenolic OH excluding ortho intramolecular Hbond substituents is 1. The molecule has 0 saturated heterocycles. The molecule has 0 bridgehead atoms. The van der Waals surface area contributed by atoms with Crippen LogP contribution in [-0.2, 0) is 0 Å². The van der Waals surface area contributed by atoms with E-state index in [2.05, 4.69) is 15.5 Å². The van der Waals surface area contributed by atoms with Crippen LogP contribution in [0.25, 0.3) is 0 Å². The molecule has 0 atom stereocenters. The number of halogens is 1. The van der Waals surface area contributed by atoms with E-state index in [9.17, 15) is 9.90 Å². The number of aromatic hydroxyl groups is 1. The zero-order chi connectivity index (χ0) is 15.2. The number of aromatic nitrogens is 1. The van der Waals surface area contributed by atoms with Gasteiger partial charge in [-0.15, -0.1) is 0 Å². The second-order valence-corrected chi connectivity index (χ2v) is 5.13. The fourth-order valence-electron chi connectivity index (χ4n) is 1.54. The van der Waals surface area contributed by atoms with Crippen molar-refractivity contribution in [3.8, 4) is 11.5 Å². The van der Waals surface area contributed by atoms with Crippen LogP contribution < -0.4 is 10.2 Å². The molecule has 108 valence electrons. The van der Waals surface area contributed by atoms with Gasteiger partial charge < -0.3 is 9.84 Å². The van der Waals surface area contributed by atoms with Crippen LogP contribution in [0.5, 0.6) is 11.5 Å². The Balaban J connectivity index is 2.08. The van der Waals surface area contributed by atoms with Crippen LogP contribution in [0.1, 0.15) is 16.1 Å². The maximum absolute atomic E-state index is 11.7. The number of hydrogen-bond acceptors (Lipinski definition) is 5. The number of ether oxygens (including phenoxy) is 1. The molecule has 1 amide bonds. The molecule has 0 radical (unpaired) electrons. The monoisotopic (exact) mass is 397 g/mol. The number of nitrogens with one attached hydrogen (secondary N) is 1. The highest BCUT2D eigenvalue weighted by atomic mass is 127. The molecule has 0 spiro atoms. The van der Waals surface area contributed by atoms with Crippen LogP contribution in [0.4, 0.5) is 0 Å². The predicted octanol–water partition coefficient (Wildman–Crippen LogP) is 2.16. The van der Waals surface area contributed by atoms with E-state index in [0.29, 0.717) is 14.9 Å². The van der Waals surface area contributed by atoms with Gasteiger partial charge in [-0.2, -0.15) is 5.10 Å². The van der Waals surface area contributed by atoms with Crippen LogP contribution in [0.2, 0.25) is 0 Å². The van der Waals surface area contributed by atoms with Crippen molar-refractivity contribution >= 4 is 34.7 Å². The van der Waals surface area contributed by atoms with Gasteiger partial charge >= 0.3 is 0 Å². The second kappa shape index (κ2) is 7.02. The molecule has 2 rings (SSSR count). The summed E-state index contributed by atoms with van der Waals surface area (Å²) in [7, 11) is 1.47. The average Bonchev–Trinajstić information content (AvgIpc) is 2.51. The maximum Gasteiger partial charge on any atom is 0.289 e. The third kappa shape index (κ3) is 3.91. The van der Waals surface area contributed by atoms with E-state index in [0.717, 1.165) is 0 Å². The second-order valence-electron chi connectivity index (χ2n) is 3.97. The summed E-state index contributed by atoms with van der Waals surface area (Å²) in [6.45, 7) is 0. The van der Waals surface area contributed by atoms with E-state index < -0.39 is 5.91 Å². The predicted molar refractivity (Wildman–Crippen MR) is 86.7 cm³/mol. The molecule has 1 aromatic carbocycles. The smallest absolute Gasteiger partial charge is 0.289 e. The molecule has 1 aromatic heterocycles. The van der Waals surface area contributed by atoms with E-state index >= 15 is 0 Å². The summed E-state index contributed by atoms with van der Waals surface area (Å²) in [5.41, 5.74) is 3.36. The first-order valence-electron chi connectivity index (χ1n) is 5.92. The average molecular weight is 397 g/mol. The number of hydrogen-bond donors (Lipinski definition) is 2. The van der Waals surface area contributed by atoms with Crippen LogP contribution in [0.15, 0.2) is 41.6 Å². The van der Waals surface area contributed by atoms with Crippen molar-refractivity contribution in [2.24, 2.45) is 5.10 Å². The van der Waals surface area contributed by atoms with Crippen LogP contribution in [-0.4, -0.2) is 29.3 Å². The fraction of sp³-hybridized carbons (Fsp3) is 0.0714. The third-order valence-corrected chi connectivity index (χ3v) is 3.37. The number of benzene rings is 1. The Morgan fingerprint density at radius 1 is 1.48 bits per heavy atom. The van der Waals surface area contributed by atoms with E-state index in [1.54, 1.807) is 30.3 Å². The van der Waals surface area contributed by atoms with Gasteiger partial charge in [0.25, 0.3) is 5.91 Å². The van der Waals surface area contributed by atoms with E-state index in [1.807, 2.05) is 22.6 Å². The molecule has 2 aromatic rings. The van der Waals surface area contributed by atoms with Crippen molar-refractivity contribution in [2.75, 3.05) is 7.11 Å². The van der Waals surface area contributed by atoms with Gasteiger partial charge in [-0.05, 0) is 52.4 Å². The van der Waals surface area contributed by atoms with Gasteiger partial charge in [-0.1, -0.05) is 6.07 Å². The van der Waals surface area contributed by atoms with Gasteiger partial charge in [-0.25, -0.2) is 5.43 Å². The Morgan fingerprint density at radius 3 is 2.95 bits per heavy atom. The molecule has 0 aliphatic carbocycles. The molecule has 7 heteroatoms. The summed E-state index contributed by atoms with van der Waals surface area (Å²) in [5, 5.41) is 13.6. The lowest BCUT2D eigenvalue weighted by atomic mass is 10.2. The van der Waals surface area contributed by atoms with Crippen molar-refractivity contribution in [1.82, 2.24) is 10.4 Å². The number of methoxy groups -OCH3 is 1. The van der Waals surface area contributed by atoms with E-state index in [-0.39, 0.29) is 11.4 Å². The van der Waals surface area contributed by atoms with Crippen molar-refractivity contribution in [3.05, 3.63) is 51.4 Å². The molecule has 0 saturated carbocycles. The first-order chi connectivity index (χ1) is 10.1. The minimum atomic E-state index is -0.396. The molecule has 21 heavy (non-hydrogen) atoms. The topological polar surface area (TPSA) is 83.8 Å². The molecule has 0 fully saturated rings. The highest BCUT2D eigenvalue weighted by molar-refractivity contribution is 14.1. The number of amides is 1. The summed E-state index contributed by atoms with van der Waals surface area (Å²) < 4.78 is 5.68. The molecule has 6 nitrogen and oxygen atoms in total. The summed E-state index contributed by atoms with van der Waals surface area (Å²) in [5.74, 6) is 0.0273. The first-order valence-corrected chi connectivity index (χ1v) is 7.00. The summed E-state index contributed by atoms with van der Waals surface area (Å²) in [6.07, 6.45) is 3.00. The molecule has 1 heterocycles. The molecular formula is C14H12IN3O3. The zero-order valence-corrected chi connectivity index (χ0v) is 13.2. The van der Waals surface area contributed by atoms with Gasteiger partial charge in [0.2, 0.25) is 0 Å². The number of phenols is 1. The van der Waals surface area contributed by atoms with Gasteiger partial charge in [-0.3, -0.25) is 9.78 Å². The largest absolute Gasteiger partial charge is 0.504 e. The molecule has 2 N–H and O–H groups in total. The Morgan fingerprint density at radius 2 is 2.29 bits per heavy atom. The summed E-state index contributed by atoms with van der Waals surface area (Å²) in [4.78, 5) is 15.6. The van der Waals surface area contributed by atoms with Crippen molar-refractivity contribution < 1.29 is 14.6 Å². The van der Waals surface area contributed by atoms with Crippen LogP contribution >= 0.6 is 22.6 Å². The van der Waals surface area contributed by atoms with Crippen molar-refractivity contribution in [1.29, 1.82) is 0 Å². The van der Waals surface area contributed by atoms with Gasteiger partial charge in [0.1, 0.15) is 5.69 Å². The Labute approximate surface area is 135 Å².